The molecule has 0 bridgehead atoms. The molecule has 7 nitrogen and oxygen atoms in total. The van der Waals surface area contributed by atoms with Gasteiger partial charge in [-0.05, 0) is 36.1 Å². The maximum absolute atomic E-state index is 12.8. The average Bonchev–Trinajstić information content (AvgIpc) is 3.50. The van der Waals surface area contributed by atoms with E-state index in [4.69, 9.17) is 4.52 Å². The molecule has 1 saturated heterocycles. The normalized spacial score (nSPS) is 16.6. The number of amides is 1. The number of fused-ring (bicyclic) bond motifs is 1. The van der Waals surface area contributed by atoms with E-state index in [1.165, 1.54) is 0 Å². The van der Waals surface area contributed by atoms with Crippen molar-refractivity contribution >= 4 is 16.8 Å². The van der Waals surface area contributed by atoms with Crippen LogP contribution in [0.25, 0.3) is 22.4 Å². The van der Waals surface area contributed by atoms with Crippen molar-refractivity contribution in [2.24, 2.45) is 5.92 Å². The van der Waals surface area contributed by atoms with Gasteiger partial charge in [0.1, 0.15) is 0 Å². The van der Waals surface area contributed by atoms with E-state index < -0.39 is 0 Å². The first-order valence-corrected chi connectivity index (χ1v) is 9.82. The maximum Gasteiger partial charge on any atom is 0.258 e. The number of hydrogen-bond acceptors (Lipinski definition) is 5. The van der Waals surface area contributed by atoms with Crippen LogP contribution in [-0.2, 0) is 17.6 Å². The van der Waals surface area contributed by atoms with Crippen LogP contribution in [0.15, 0.2) is 59.5 Å². The largest absolute Gasteiger partial charge is 0.361 e. The lowest BCUT2D eigenvalue weighted by atomic mass is 10.0. The summed E-state index contributed by atoms with van der Waals surface area (Å²) in [6.45, 7) is 1.52. The van der Waals surface area contributed by atoms with Crippen LogP contribution < -0.4 is 0 Å². The number of nitrogens with one attached hydrogen (secondary N) is 1. The molecular formula is C22H21N5O2. The summed E-state index contributed by atoms with van der Waals surface area (Å²) in [5.41, 5.74) is 2.98. The number of aromatic amines is 1. The van der Waals surface area contributed by atoms with Crippen LogP contribution in [0, 0.1) is 5.92 Å². The molecule has 1 amide bonds. The Kier molecular flexibility index (Phi) is 4.56. The maximum atomic E-state index is 12.8. The molecule has 1 atom stereocenters. The second-order valence-electron chi connectivity index (χ2n) is 7.49. The van der Waals surface area contributed by atoms with E-state index in [9.17, 15) is 4.79 Å². The number of carbonyl (C=O) groups excluding carboxylic acids is 1. The minimum absolute atomic E-state index is 0.169. The molecule has 1 aliphatic heterocycles. The highest BCUT2D eigenvalue weighted by atomic mass is 16.5. The monoisotopic (exact) mass is 387 g/mol. The standard InChI is InChI=1S/C22H21N5O2/c28-21(12-17-13-24-19-4-2-1-3-18(17)19)27-10-7-15(14-27)11-20-25-22(29-26-20)16-5-8-23-9-6-16/h1-6,8-9,13,15,24H,7,10-12,14H2. The van der Waals surface area contributed by atoms with Crippen LogP contribution >= 0.6 is 0 Å². The minimum atomic E-state index is 0.169. The van der Waals surface area contributed by atoms with E-state index in [0.717, 1.165) is 41.5 Å². The lowest BCUT2D eigenvalue weighted by Gasteiger charge is -2.16. The van der Waals surface area contributed by atoms with Gasteiger partial charge in [-0.15, -0.1) is 0 Å². The SMILES string of the molecule is O=C(Cc1c[nH]c2ccccc12)N1CCC(Cc2noc(-c3ccncc3)n2)C1. The Morgan fingerprint density at radius 2 is 2.07 bits per heavy atom. The van der Waals surface area contributed by atoms with Gasteiger partial charge in [-0.2, -0.15) is 4.98 Å². The molecular weight excluding hydrogens is 366 g/mol. The van der Waals surface area contributed by atoms with Gasteiger partial charge < -0.3 is 14.4 Å². The van der Waals surface area contributed by atoms with Crippen LogP contribution in [0.3, 0.4) is 0 Å². The minimum Gasteiger partial charge on any atom is -0.361 e. The molecule has 0 spiro atoms. The Bertz CT molecular complexity index is 1130. The third-order valence-corrected chi connectivity index (χ3v) is 5.52. The summed E-state index contributed by atoms with van der Waals surface area (Å²) in [4.78, 5) is 26.5. The molecule has 1 aliphatic rings. The van der Waals surface area contributed by atoms with Gasteiger partial charge in [0, 0.05) is 54.6 Å². The fourth-order valence-corrected chi connectivity index (χ4v) is 3.99. The van der Waals surface area contributed by atoms with E-state index in [1.54, 1.807) is 12.4 Å². The number of benzene rings is 1. The molecule has 1 unspecified atom stereocenters. The summed E-state index contributed by atoms with van der Waals surface area (Å²) >= 11 is 0. The fraction of sp³-hybridized carbons (Fsp3) is 0.273. The molecule has 3 aromatic heterocycles. The number of para-hydroxylation sites is 1. The first-order chi connectivity index (χ1) is 14.3. The molecule has 4 heterocycles. The first-order valence-electron chi connectivity index (χ1n) is 9.82. The highest BCUT2D eigenvalue weighted by molar-refractivity contribution is 5.89. The number of likely N-dealkylation sites (tertiary alicyclic amines) is 1. The molecule has 0 aliphatic carbocycles. The lowest BCUT2D eigenvalue weighted by Crippen LogP contribution is -2.30. The molecule has 4 aromatic rings. The molecule has 1 N–H and O–H groups in total. The smallest absolute Gasteiger partial charge is 0.258 e. The van der Waals surface area contributed by atoms with E-state index in [-0.39, 0.29) is 5.91 Å². The lowest BCUT2D eigenvalue weighted by molar-refractivity contribution is -0.129. The molecule has 7 heteroatoms. The molecule has 0 saturated carbocycles. The quantitative estimate of drug-likeness (QED) is 0.568. The van der Waals surface area contributed by atoms with Gasteiger partial charge in [0.15, 0.2) is 5.82 Å². The zero-order chi connectivity index (χ0) is 19.6. The van der Waals surface area contributed by atoms with E-state index in [0.29, 0.717) is 30.5 Å². The summed E-state index contributed by atoms with van der Waals surface area (Å²) in [5, 5.41) is 5.22. The van der Waals surface area contributed by atoms with Gasteiger partial charge in [-0.3, -0.25) is 9.78 Å². The summed E-state index contributed by atoms with van der Waals surface area (Å²) in [7, 11) is 0. The topological polar surface area (TPSA) is 87.9 Å². The number of pyridine rings is 1. The zero-order valence-corrected chi connectivity index (χ0v) is 15.9. The van der Waals surface area contributed by atoms with Gasteiger partial charge >= 0.3 is 0 Å². The molecule has 5 rings (SSSR count). The third kappa shape index (κ3) is 3.63. The van der Waals surface area contributed by atoms with Gasteiger partial charge in [-0.1, -0.05) is 23.4 Å². The second-order valence-corrected chi connectivity index (χ2v) is 7.49. The Hall–Kier alpha value is -3.48. The highest BCUT2D eigenvalue weighted by Gasteiger charge is 2.28. The number of rotatable bonds is 5. The van der Waals surface area contributed by atoms with Gasteiger partial charge in [0.05, 0.1) is 6.42 Å². The Labute approximate surface area is 167 Å². The van der Waals surface area contributed by atoms with Crippen LogP contribution in [-0.4, -0.2) is 44.0 Å². The predicted octanol–water partition coefficient (Wildman–Crippen LogP) is 3.25. The Morgan fingerprint density at radius 3 is 2.97 bits per heavy atom. The van der Waals surface area contributed by atoms with Crippen molar-refractivity contribution in [3.63, 3.8) is 0 Å². The summed E-state index contributed by atoms with van der Waals surface area (Å²) < 4.78 is 5.37. The zero-order valence-electron chi connectivity index (χ0n) is 15.9. The molecule has 146 valence electrons. The number of H-pyrrole nitrogens is 1. The fourth-order valence-electron chi connectivity index (χ4n) is 3.99. The second kappa shape index (κ2) is 7.50. The number of hydrogen-bond donors (Lipinski definition) is 1. The Morgan fingerprint density at radius 1 is 1.21 bits per heavy atom. The number of nitrogens with zero attached hydrogens (tertiary/aromatic N) is 4. The van der Waals surface area contributed by atoms with Crippen molar-refractivity contribution in [2.75, 3.05) is 13.1 Å². The van der Waals surface area contributed by atoms with Crippen LogP contribution in [0.5, 0.6) is 0 Å². The first kappa shape index (κ1) is 17.6. The van der Waals surface area contributed by atoms with E-state index in [2.05, 4.69) is 26.2 Å². The van der Waals surface area contributed by atoms with Crippen molar-refractivity contribution in [3.8, 4) is 11.5 Å². The van der Waals surface area contributed by atoms with E-state index in [1.807, 2.05) is 41.4 Å². The van der Waals surface area contributed by atoms with Crippen molar-refractivity contribution in [3.05, 3.63) is 66.4 Å². The molecule has 29 heavy (non-hydrogen) atoms. The van der Waals surface area contributed by atoms with E-state index >= 15 is 0 Å². The van der Waals surface area contributed by atoms with Crippen molar-refractivity contribution in [2.45, 2.75) is 19.3 Å². The van der Waals surface area contributed by atoms with Crippen LogP contribution in [0.2, 0.25) is 0 Å². The number of aromatic nitrogens is 4. The summed E-state index contributed by atoms with van der Waals surface area (Å²) in [6, 6.07) is 11.8. The molecule has 1 fully saturated rings. The predicted molar refractivity (Wildman–Crippen MR) is 108 cm³/mol. The highest BCUT2D eigenvalue weighted by Crippen LogP contribution is 2.24. The van der Waals surface area contributed by atoms with Crippen molar-refractivity contribution in [1.82, 2.24) is 25.0 Å². The summed E-state index contributed by atoms with van der Waals surface area (Å²) in [5.74, 6) is 1.72. The molecule has 1 aromatic carbocycles. The van der Waals surface area contributed by atoms with Gasteiger partial charge in [0.25, 0.3) is 5.89 Å². The van der Waals surface area contributed by atoms with Gasteiger partial charge in [-0.25, -0.2) is 0 Å². The Balaban J connectivity index is 1.20. The third-order valence-electron chi connectivity index (χ3n) is 5.52. The van der Waals surface area contributed by atoms with Crippen LogP contribution in [0.4, 0.5) is 0 Å². The van der Waals surface area contributed by atoms with Gasteiger partial charge in [0.2, 0.25) is 5.91 Å². The van der Waals surface area contributed by atoms with Crippen molar-refractivity contribution in [1.29, 1.82) is 0 Å². The average molecular weight is 387 g/mol. The van der Waals surface area contributed by atoms with Crippen molar-refractivity contribution < 1.29 is 9.32 Å². The summed E-state index contributed by atoms with van der Waals surface area (Å²) in [6.07, 6.45) is 7.44. The molecule has 0 radical (unpaired) electrons. The van der Waals surface area contributed by atoms with Crippen LogP contribution in [0.1, 0.15) is 17.8 Å². The number of carbonyl (C=O) groups is 1.